The second-order valence-electron chi connectivity index (χ2n) is 6.93. The first-order chi connectivity index (χ1) is 13.2. The average Bonchev–Trinajstić information content (AvgIpc) is 3.04. The first kappa shape index (κ1) is 17.5. The van der Waals surface area contributed by atoms with Gasteiger partial charge in [0.1, 0.15) is 6.04 Å². The molecule has 0 bridgehead atoms. The van der Waals surface area contributed by atoms with Crippen LogP contribution >= 0.6 is 0 Å². The molecule has 3 aromatic rings. The van der Waals surface area contributed by atoms with Crippen LogP contribution in [0.5, 0.6) is 0 Å². The Morgan fingerprint density at radius 3 is 2.85 bits per heavy atom. The predicted octanol–water partition coefficient (Wildman–Crippen LogP) is 2.79. The fraction of sp³-hybridized carbons (Fsp3) is 0.350. The molecular formula is C20H23N5O2. The largest absolute Gasteiger partial charge is 0.480 e. The summed E-state index contributed by atoms with van der Waals surface area (Å²) in [5.74, 6) is -0.194. The van der Waals surface area contributed by atoms with Gasteiger partial charge in [0.15, 0.2) is 0 Å². The number of anilines is 1. The highest BCUT2D eigenvalue weighted by molar-refractivity contribution is 5.86. The Morgan fingerprint density at radius 1 is 1.33 bits per heavy atom. The van der Waals surface area contributed by atoms with E-state index in [4.69, 9.17) is 0 Å². The predicted molar refractivity (Wildman–Crippen MR) is 103 cm³/mol. The highest BCUT2D eigenvalue weighted by Gasteiger charge is 2.33. The van der Waals surface area contributed by atoms with Crippen molar-refractivity contribution in [3.05, 3.63) is 53.5 Å². The lowest BCUT2D eigenvalue weighted by Gasteiger charge is -2.32. The van der Waals surface area contributed by atoms with Crippen molar-refractivity contribution in [1.82, 2.24) is 19.9 Å². The van der Waals surface area contributed by atoms with Gasteiger partial charge in [-0.1, -0.05) is 25.1 Å². The second-order valence-corrected chi connectivity index (χ2v) is 6.93. The van der Waals surface area contributed by atoms with Gasteiger partial charge < -0.3 is 15.4 Å². The number of rotatable bonds is 6. The molecule has 3 N–H and O–H groups in total. The van der Waals surface area contributed by atoms with Crippen LogP contribution in [0.3, 0.4) is 0 Å². The van der Waals surface area contributed by atoms with E-state index in [0.717, 1.165) is 40.7 Å². The third kappa shape index (κ3) is 3.50. The van der Waals surface area contributed by atoms with Crippen LogP contribution in [0.1, 0.15) is 30.2 Å². The van der Waals surface area contributed by atoms with E-state index in [1.807, 2.05) is 23.1 Å². The second kappa shape index (κ2) is 7.36. The number of aromatic nitrogens is 3. The van der Waals surface area contributed by atoms with Gasteiger partial charge in [0.2, 0.25) is 5.95 Å². The third-order valence-electron chi connectivity index (χ3n) is 5.01. The normalized spacial score (nSPS) is 17.0. The van der Waals surface area contributed by atoms with Crippen LogP contribution in [0.2, 0.25) is 0 Å². The topological polar surface area (TPSA) is 94.1 Å². The van der Waals surface area contributed by atoms with Crippen LogP contribution in [-0.4, -0.2) is 43.5 Å². The standard InChI is InChI=1S/C20H23N5O2/c1-2-7-21-20-22-9-13(10-23-20)11-25-12-17-15(8-18(25)19(26)27)14-5-3-4-6-16(14)24-17/h3-6,9-10,18,24H,2,7-8,11-12H2,1H3,(H,26,27)(H,21,22,23)/t18-/m0/s1. The van der Waals surface area contributed by atoms with Crippen LogP contribution in [0.4, 0.5) is 5.95 Å². The van der Waals surface area contributed by atoms with E-state index in [1.165, 1.54) is 0 Å². The number of hydrogen-bond donors (Lipinski definition) is 3. The zero-order chi connectivity index (χ0) is 18.8. The number of nitrogens with zero attached hydrogens (tertiary/aromatic N) is 3. The number of carbonyl (C=O) groups is 1. The van der Waals surface area contributed by atoms with Crippen molar-refractivity contribution in [3.8, 4) is 0 Å². The van der Waals surface area contributed by atoms with E-state index < -0.39 is 12.0 Å². The van der Waals surface area contributed by atoms with Crippen molar-refractivity contribution < 1.29 is 9.90 Å². The molecule has 0 aliphatic carbocycles. The van der Waals surface area contributed by atoms with Crippen LogP contribution in [0.15, 0.2) is 36.7 Å². The molecule has 3 heterocycles. The van der Waals surface area contributed by atoms with Gasteiger partial charge in [0.05, 0.1) is 0 Å². The van der Waals surface area contributed by atoms with E-state index >= 15 is 0 Å². The number of para-hydroxylation sites is 1. The lowest BCUT2D eigenvalue weighted by Crippen LogP contribution is -2.45. The fourth-order valence-electron chi connectivity index (χ4n) is 3.67. The van der Waals surface area contributed by atoms with Gasteiger partial charge in [-0.25, -0.2) is 9.97 Å². The Bertz CT molecular complexity index is 951. The number of H-pyrrole nitrogens is 1. The first-order valence-electron chi connectivity index (χ1n) is 9.25. The summed E-state index contributed by atoms with van der Waals surface area (Å²) in [5, 5.41) is 14.0. The monoisotopic (exact) mass is 365 g/mol. The van der Waals surface area contributed by atoms with E-state index in [1.54, 1.807) is 12.4 Å². The molecule has 0 amide bonds. The maximum Gasteiger partial charge on any atom is 0.321 e. The van der Waals surface area contributed by atoms with Crippen molar-refractivity contribution in [1.29, 1.82) is 0 Å². The summed E-state index contributed by atoms with van der Waals surface area (Å²) in [7, 11) is 0. The molecule has 0 spiro atoms. The molecule has 140 valence electrons. The smallest absolute Gasteiger partial charge is 0.321 e. The van der Waals surface area contributed by atoms with Gasteiger partial charge in [-0.05, 0) is 18.1 Å². The molecule has 7 heteroatoms. The van der Waals surface area contributed by atoms with Gasteiger partial charge >= 0.3 is 5.97 Å². The van der Waals surface area contributed by atoms with Gasteiger partial charge in [0, 0.05) is 60.6 Å². The molecule has 0 saturated heterocycles. The summed E-state index contributed by atoms with van der Waals surface area (Å²) >= 11 is 0. The highest BCUT2D eigenvalue weighted by Crippen LogP contribution is 2.31. The number of nitrogens with one attached hydrogen (secondary N) is 2. The molecule has 0 saturated carbocycles. The minimum Gasteiger partial charge on any atom is -0.480 e. The summed E-state index contributed by atoms with van der Waals surface area (Å²) in [5.41, 5.74) is 4.17. The number of aromatic amines is 1. The Labute approximate surface area is 157 Å². The molecule has 4 rings (SSSR count). The van der Waals surface area contributed by atoms with E-state index in [-0.39, 0.29) is 0 Å². The average molecular weight is 365 g/mol. The molecule has 27 heavy (non-hydrogen) atoms. The summed E-state index contributed by atoms with van der Waals surface area (Å²) in [6.07, 6.45) is 5.03. The molecule has 0 fully saturated rings. The molecular weight excluding hydrogens is 342 g/mol. The molecule has 7 nitrogen and oxygen atoms in total. The van der Waals surface area contributed by atoms with E-state index in [9.17, 15) is 9.90 Å². The number of fused-ring (bicyclic) bond motifs is 3. The van der Waals surface area contributed by atoms with Crippen molar-refractivity contribution >= 4 is 22.8 Å². The quantitative estimate of drug-likeness (QED) is 0.622. The third-order valence-corrected chi connectivity index (χ3v) is 5.01. The van der Waals surface area contributed by atoms with Gasteiger partial charge in [-0.2, -0.15) is 0 Å². The van der Waals surface area contributed by atoms with Gasteiger partial charge in [0.25, 0.3) is 0 Å². The molecule has 1 aromatic carbocycles. The van der Waals surface area contributed by atoms with Crippen molar-refractivity contribution in [2.24, 2.45) is 0 Å². The number of hydrogen-bond acceptors (Lipinski definition) is 5. The maximum atomic E-state index is 11.9. The minimum atomic E-state index is -0.798. The van der Waals surface area contributed by atoms with Crippen LogP contribution in [0.25, 0.3) is 10.9 Å². The lowest BCUT2D eigenvalue weighted by molar-refractivity contribution is -0.144. The highest BCUT2D eigenvalue weighted by atomic mass is 16.4. The maximum absolute atomic E-state index is 11.9. The van der Waals surface area contributed by atoms with Crippen LogP contribution in [-0.2, 0) is 24.3 Å². The zero-order valence-corrected chi connectivity index (χ0v) is 15.3. The Balaban J connectivity index is 1.57. The van der Waals surface area contributed by atoms with Crippen LogP contribution < -0.4 is 5.32 Å². The van der Waals surface area contributed by atoms with Crippen molar-refractivity contribution in [2.75, 3.05) is 11.9 Å². The fourth-order valence-corrected chi connectivity index (χ4v) is 3.67. The van der Waals surface area contributed by atoms with E-state index in [0.29, 0.717) is 25.5 Å². The Morgan fingerprint density at radius 2 is 2.11 bits per heavy atom. The lowest BCUT2D eigenvalue weighted by atomic mass is 9.96. The number of carboxylic acids is 1. The number of carboxylic acid groups (broad SMARTS) is 1. The number of aliphatic carboxylic acids is 1. The van der Waals surface area contributed by atoms with Gasteiger partial charge in [-0.15, -0.1) is 0 Å². The summed E-state index contributed by atoms with van der Waals surface area (Å²) in [4.78, 5) is 26.0. The molecule has 0 unspecified atom stereocenters. The van der Waals surface area contributed by atoms with Crippen LogP contribution in [0, 0.1) is 0 Å². The summed E-state index contributed by atoms with van der Waals surface area (Å²) in [6, 6.07) is 7.50. The van der Waals surface area contributed by atoms with Gasteiger partial charge in [-0.3, -0.25) is 9.69 Å². The molecule has 1 aliphatic heterocycles. The minimum absolute atomic E-state index is 0.492. The zero-order valence-electron chi connectivity index (χ0n) is 15.3. The summed E-state index contributed by atoms with van der Waals surface area (Å²) < 4.78 is 0. The molecule has 1 atom stereocenters. The molecule has 0 radical (unpaired) electrons. The van der Waals surface area contributed by atoms with E-state index in [2.05, 4.69) is 33.3 Å². The van der Waals surface area contributed by atoms with Crippen molar-refractivity contribution in [3.63, 3.8) is 0 Å². The number of benzene rings is 1. The Hall–Kier alpha value is -2.93. The van der Waals surface area contributed by atoms with Crippen molar-refractivity contribution in [2.45, 2.75) is 38.9 Å². The Kier molecular flexibility index (Phi) is 4.77. The first-order valence-corrected chi connectivity index (χ1v) is 9.25. The molecule has 1 aliphatic rings. The summed E-state index contributed by atoms with van der Waals surface area (Å²) in [6.45, 7) is 3.98. The molecule has 2 aromatic heterocycles. The SMILES string of the molecule is CCCNc1ncc(CN2Cc3[nH]c4ccccc4c3C[C@H]2C(=O)O)cn1.